The minimum atomic E-state index is -2.72. The summed E-state index contributed by atoms with van der Waals surface area (Å²) in [6.45, 7) is 12.1. The summed E-state index contributed by atoms with van der Waals surface area (Å²) in [5.74, 6) is -3.31. The lowest BCUT2D eigenvalue weighted by Crippen LogP contribution is -2.63. The van der Waals surface area contributed by atoms with Crippen molar-refractivity contribution in [3.05, 3.63) is 119 Å². The van der Waals surface area contributed by atoms with Crippen molar-refractivity contribution < 1.29 is 48.1 Å². The fraction of sp³-hybridized carbons (Fsp3) is 0.396. The Morgan fingerprint density at radius 2 is 1.44 bits per heavy atom. The van der Waals surface area contributed by atoms with E-state index in [2.05, 4.69) is 62.8 Å². The first-order chi connectivity index (χ1) is 30.4. The van der Waals surface area contributed by atoms with E-state index in [-0.39, 0.29) is 54.1 Å². The zero-order valence-corrected chi connectivity index (χ0v) is 38.1. The highest BCUT2D eigenvalue weighted by molar-refractivity contribution is 6.77. The van der Waals surface area contributed by atoms with Gasteiger partial charge in [0.05, 0.1) is 24.8 Å². The molecule has 0 spiro atoms. The Morgan fingerprint density at radius 1 is 0.812 bits per heavy atom. The van der Waals surface area contributed by atoms with Crippen molar-refractivity contribution in [3.8, 4) is 16.9 Å². The van der Waals surface area contributed by atoms with Gasteiger partial charge in [0.15, 0.2) is 13.9 Å². The van der Waals surface area contributed by atoms with Crippen LogP contribution in [0.5, 0.6) is 5.75 Å². The third kappa shape index (κ3) is 10.2. The molecule has 8 N–H and O–H groups in total. The molecule has 0 fully saturated rings. The van der Waals surface area contributed by atoms with Crippen LogP contribution in [-0.4, -0.2) is 79.1 Å². The number of amides is 5. The molecule has 15 nitrogen and oxygen atoms in total. The molecular weight excluding hydrogens is 835 g/mol. The predicted octanol–water partition coefficient (Wildman–Crippen LogP) is 5.32. The summed E-state index contributed by atoms with van der Waals surface area (Å²) < 4.78 is 18.7. The fourth-order valence-electron chi connectivity index (χ4n) is 9.18. The number of alkyl carbamates (subject to hydrolysis) is 1. The molecule has 0 aliphatic carbocycles. The maximum atomic E-state index is 14.4. The molecular formula is C48H59N5O10Si. The second kappa shape index (κ2) is 20.2. The van der Waals surface area contributed by atoms with Crippen molar-refractivity contribution in [2.75, 3.05) is 11.9 Å². The summed E-state index contributed by atoms with van der Waals surface area (Å²) in [5, 5.41) is 35.7. The first-order valence-electron chi connectivity index (χ1n) is 21.6. The monoisotopic (exact) mass is 893 g/mol. The predicted molar refractivity (Wildman–Crippen MR) is 243 cm³/mol. The molecule has 340 valence electrons. The number of aliphatic hydroxyl groups excluding tert-OH is 1. The summed E-state index contributed by atoms with van der Waals surface area (Å²) in [5.41, 5.74) is 6.44. The van der Waals surface area contributed by atoms with Crippen molar-refractivity contribution in [2.24, 2.45) is 5.73 Å². The van der Waals surface area contributed by atoms with E-state index in [1.807, 2.05) is 36.4 Å². The number of anilines is 1. The zero-order chi connectivity index (χ0) is 46.3. The fourth-order valence-corrected chi connectivity index (χ4v) is 14.7. The Hall–Kier alpha value is -6.07. The van der Waals surface area contributed by atoms with Gasteiger partial charge in [-0.25, -0.2) is 4.79 Å². The maximum Gasteiger partial charge on any atom is 0.408 e. The Kier molecular flexibility index (Phi) is 15.0. The first kappa shape index (κ1) is 47.4. The van der Waals surface area contributed by atoms with Crippen molar-refractivity contribution in [1.29, 1.82) is 0 Å². The number of nitrogens with two attached hydrogens (primary N) is 1. The van der Waals surface area contributed by atoms with Crippen molar-refractivity contribution in [3.63, 3.8) is 0 Å². The molecule has 2 heterocycles. The maximum absolute atomic E-state index is 14.4. The third-order valence-electron chi connectivity index (χ3n) is 12.3. The Balaban J connectivity index is 1.49. The van der Waals surface area contributed by atoms with Gasteiger partial charge in [0.2, 0.25) is 17.7 Å². The number of para-hydroxylation sites is 1. The number of carbonyl (C=O) groups excluding carboxylic acids is 5. The van der Waals surface area contributed by atoms with E-state index in [1.54, 1.807) is 54.6 Å². The van der Waals surface area contributed by atoms with Gasteiger partial charge in [-0.3, -0.25) is 19.2 Å². The van der Waals surface area contributed by atoms with Crippen LogP contribution in [0.2, 0.25) is 16.6 Å². The number of aliphatic hydroxyl groups is 2. The highest BCUT2D eigenvalue weighted by Gasteiger charge is 2.55. The summed E-state index contributed by atoms with van der Waals surface area (Å²) in [4.78, 5) is 68.8. The Bertz CT molecular complexity index is 2310. The van der Waals surface area contributed by atoms with Gasteiger partial charge in [-0.05, 0) is 45.4 Å². The van der Waals surface area contributed by atoms with Gasteiger partial charge in [-0.15, -0.1) is 0 Å². The molecule has 6 rings (SSSR count). The minimum absolute atomic E-state index is 0.0380. The van der Waals surface area contributed by atoms with Gasteiger partial charge in [0, 0.05) is 23.1 Å². The Morgan fingerprint density at radius 3 is 2.05 bits per heavy atom. The molecule has 2 aliphatic heterocycles. The molecule has 2 aliphatic rings. The number of benzene rings is 4. The standard InChI is InChI=1S/C48H59N5O10Si/c1-28(2)64(29(3)4,30(5)6)63-27-39-43(55)48(60)36-19-13-18-34(42(36)53-46(48)58)35-22-33(20-21-40(35)61-25-31-14-9-7-10-15-31)23-37(44(56)50-38(24-41(49)54)45(57)51-39)52-47(59)62-26-32-16-11-8-12-17-32/h7-22,28-30,37-39,43,55,60H,23-27H2,1-6H3,(H2,49,54)(H,50,56)(H,51,57)(H,52,59)(H,53,58)/t37-,38-,39+,43+,48-/m0/s1. The molecule has 0 unspecified atom stereocenters. The van der Waals surface area contributed by atoms with E-state index >= 15 is 0 Å². The minimum Gasteiger partial charge on any atom is -0.488 e. The molecule has 6 bridgehead atoms. The summed E-state index contributed by atoms with van der Waals surface area (Å²) >= 11 is 0. The van der Waals surface area contributed by atoms with Crippen molar-refractivity contribution in [2.45, 2.75) is 114 Å². The molecule has 0 aromatic heterocycles. The molecule has 5 atom stereocenters. The van der Waals surface area contributed by atoms with Crippen molar-refractivity contribution in [1.82, 2.24) is 16.0 Å². The average molecular weight is 894 g/mol. The van der Waals surface area contributed by atoms with Gasteiger partial charge in [-0.1, -0.05) is 126 Å². The smallest absolute Gasteiger partial charge is 0.408 e. The second-order valence-electron chi connectivity index (χ2n) is 17.4. The molecule has 16 heteroatoms. The number of primary amides is 1. The van der Waals surface area contributed by atoms with Crippen LogP contribution in [-0.2, 0) is 53.6 Å². The van der Waals surface area contributed by atoms with E-state index in [0.29, 0.717) is 28.0 Å². The van der Waals surface area contributed by atoms with E-state index in [4.69, 9.17) is 19.6 Å². The van der Waals surface area contributed by atoms with Crippen LogP contribution < -0.4 is 31.7 Å². The van der Waals surface area contributed by atoms with Gasteiger partial charge < -0.3 is 51.1 Å². The number of hydrogen-bond donors (Lipinski definition) is 7. The first-order valence-corrected chi connectivity index (χ1v) is 23.7. The highest BCUT2D eigenvalue weighted by Crippen LogP contribution is 2.47. The summed E-state index contributed by atoms with van der Waals surface area (Å²) in [6.07, 6.45) is -3.77. The van der Waals surface area contributed by atoms with Gasteiger partial charge >= 0.3 is 6.09 Å². The van der Waals surface area contributed by atoms with Gasteiger partial charge in [-0.2, -0.15) is 0 Å². The molecule has 4 aromatic rings. The second-order valence-corrected chi connectivity index (χ2v) is 22.9. The average Bonchev–Trinajstić information content (AvgIpc) is 3.53. The molecule has 5 amide bonds. The number of fused-ring (bicyclic) bond motifs is 3. The quantitative estimate of drug-likeness (QED) is 0.0807. The van der Waals surface area contributed by atoms with Crippen LogP contribution in [0.4, 0.5) is 10.5 Å². The molecule has 64 heavy (non-hydrogen) atoms. The number of ether oxygens (including phenoxy) is 2. The zero-order valence-electron chi connectivity index (χ0n) is 37.1. The van der Waals surface area contributed by atoms with Crippen LogP contribution in [0.1, 0.15) is 70.2 Å². The molecule has 0 saturated heterocycles. The lowest BCUT2D eigenvalue weighted by Gasteiger charge is -2.44. The van der Waals surface area contributed by atoms with E-state index < -0.39 is 74.3 Å². The normalized spacial score (nSPS) is 21.3. The van der Waals surface area contributed by atoms with E-state index in [9.17, 15) is 34.2 Å². The lowest BCUT2D eigenvalue weighted by atomic mass is 9.84. The Labute approximate surface area is 374 Å². The number of nitrogens with one attached hydrogen (secondary N) is 4. The van der Waals surface area contributed by atoms with Crippen LogP contribution in [0.25, 0.3) is 11.1 Å². The van der Waals surface area contributed by atoms with Gasteiger partial charge in [0.1, 0.15) is 37.2 Å². The van der Waals surface area contributed by atoms with E-state index in [1.165, 1.54) is 6.07 Å². The van der Waals surface area contributed by atoms with Gasteiger partial charge in [0.25, 0.3) is 5.91 Å². The largest absolute Gasteiger partial charge is 0.488 e. The van der Waals surface area contributed by atoms with E-state index in [0.717, 1.165) is 5.56 Å². The SMILES string of the molecule is CC(C)[Si](OC[C@H]1NC(=O)[C@H](CC(N)=O)NC(=O)[C@@H](NC(=O)OCc2ccccc2)Cc2ccc(OCc3ccccc3)c(c2)-c2cccc3c2NC(=O)[C@@]3(O)[C@@H]1O)(C(C)C)C(C)C. The lowest BCUT2D eigenvalue weighted by molar-refractivity contribution is -0.153. The van der Waals surface area contributed by atoms with Crippen LogP contribution >= 0.6 is 0 Å². The number of carbonyl (C=O) groups is 5. The van der Waals surface area contributed by atoms with Crippen LogP contribution in [0.15, 0.2) is 97.1 Å². The third-order valence-corrected chi connectivity index (χ3v) is 18.4. The van der Waals surface area contributed by atoms with Crippen LogP contribution in [0, 0.1) is 0 Å². The number of rotatable bonds is 14. The molecule has 0 saturated carbocycles. The highest BCUT2D eigenvalue weighted by atomic mass is 28.4. The van der Waals surface area contributed by atoms with Crippen molar-refractivity contribution >= 4 is 43.7 Å². The van der Waals surface area contributed by atoms with Crippen LogP contribution in [0.3, 0.4) is 0 Å². The summed E-state index contributed by atoms with van der Waals surface area (Å²) in [6, 6.07) is 24.0. The molecule has 4 aromatic carbocycles. The summed E-state index contributed by atoms with van der Waals surface area (Å²) in [7, 11) is -2.72. The topological polar surface area (TPSA) is 228 Å². The molecule has 0 radical (unpaired) electrons. The number of hydrogen-bond acceptors (Lipinski definition) is 10.